The highest BCUT2D eigenvalue weighted by Crippen LogP contribution is 2.34. The normalized spacial score (nSPS) is 15.0. The molecule has 1 heterocycles. The topological polar surface area (TPSA) is 67.9 Å². The van der Waals surface area contributed by atoms with E-state index in [1.54, 1.807) is 55.7 Å². The van der Waals surface area contributed by atoms with Crippen LogP contribution in [0.4, 0.5) is 0 Å². The maximum Gasteiger partial charge on any atom is 0.285 e. The first-order chi connectivity index (χ1) is 13.9. The minimum atomic E-state index is -0.517. The second-order valence-corrected chi connectivity index (χ2v) is 7.86. The molecule has 0 saturated carbocycles. The predicted molar refractivity (Wildman–Crippen MR) is 118 cm³/mol. The number of benzene rings is 2. The third kappa shape index (κ3) is 4.72. The van der Waals surface area contributed by atoms with E-state index in [0.29, 0.717) is 23.0 Å². The van der Waals surface area contributed by atoms with Crippen LogP contribution in [0.15, 0.2) is 47.4 Å². The standard InChI is InChI=1S/C20H17ClN2O4S2/c1-3-27-16-10-12(8-9-15(16)26-2)11-17-19(25)23(20(28)29-17)22-18(24)13-6-4-5-7-14(13)21/h4-11H,3H2,1-2H3,(H,22,24)/b17-11-. The van der Waals surface area contributed by atoms with Crippen molar-refractivity contribution in [2.75, 3.05) is 13.7 Å². The Kier molecular flexibility index (Phi) is 6.79. The number of amides is 2. The first-order valence-electron chi connectivity index (χ1n) is 8.59. The summed E-state index contributed by atoms with van der Waals surface area (Å²) in [7, 11) is 1.56. The Balaban J connectivity index is 1.81. The van der Waals surface area contributed by atoms with Gasteiger partial charge in [0.05, 0.1) is 29.2 Å². The molecular weight excluding hydrogens is 432 g/mol. The van der Waals surface area contributed by atoms with Gasteiger partial charge in [-0.2, -0.15) is 5.01 Å². The first-order valence-corrected chi connectivity index (χ1v) is 10.2. The molecule has 1 aliphatic heterocycles. The molecule has 6 nitrogen and oxygen atoms in total. The van der Waals surface area contributed by atoms with Crippen LogP contribution in [0.2, 0.25) is 5.02 Å². The number of carbonyl (C=O) groups excluding carboxylic acids is 2. The highest BCUT2D eigenvalue weighted by Gasteiger charge is 2.34. The predicted octanol–water partition coefficient (Wildman–Crippen LogP) is 4.29. The third-order valence-corrected chi connectivity index (χ3v) is 5.54. The van der Waals surface area contributed by atoms with Crippen molar-refractivity contribution in [3.63, 3.8) is 0 Å². The molecule has 0 atom stereocenters. The van der Waals surface area contributed by atoms with Gasteiger partial charge in [0.15, 0.2) is 15.8 Å². The molecule has 1 N–H and O–H groups in total. The van der Waals surface area contributed by atoms with Crippen molar-refractivity contribution in [3.05, 3.63) is 63.5 Å². The summed E-state index contributed by atoms with van der Waals surface area (Å²) < 4.78 is 11.1. The van der Waals surface area contributed by atoms with E-state index in [2.05, 4.69) is 5.43 Å². The maximum absolute atomic E-state index is 12.8. The molecule has 150 valence electrons. The molecule has 2 aromatic carbocycles. The summed E-state index contributed by atoms with van der Waals surface area (Å²) >= 11 is 12.4. The Hall–Kier alpha value is -2.55. The molecule has 2 aromatic rings. The van der Waals surface area contributed by atoms with E-state index in [1.807, 2.05) is 6.92 Å². The number of thiocarbonyl (C=S) groups is 1. The number of halogens is 1. The van der Waals surface area contributed by atoms with Crippen molar-refractivity contribution in [2.45, 2.75) is 6.92 Å². The molecule has 3 rings (SSSR count). The lowest BCUT2D eigenvalue weighted by Crippen LogP contribution is -2.44. The van der Waals surface area contributed by atoms with E-state index < -0.39 is 11.8 Å². The van der Waals surface area contributed by atoms with E-state index in [9.17, 15) is 9.59 Å². The molecule has 1 saturated heterocycles. The molecule has 0 spiro atoms. The van der Waals surface area contributed by atoms with Gasteiger partial charge in [-0.1, -0.05) is 41.6 Å². The number of hydrogen-bond acceptors (Lipinski definition) is 6. The molecule has 2 amide bonds. The van der Waals surface area contributed by atoms with E-state index in [-0.39, 0.29) is 14.9 Å². The molecule has 9 heteroatoms. The summed E-state index contributed by atoms with van der Waals surface area (Å²) in [6, 6.07) is 11.9. The van der Waals surface area contributed by atoms with Gasteiger partial charge in [-0.15, -0.1) is 0 Å². The van der Waals surface area contributed by atoms with Crippen LogP contribution in [0.3, 0.4) is 0 Å². The highest BCUT2D eigenvalue weighted by molar-refractivity contribution is 8.26. The molecule has 1 aliphatic rings. The van der Waals surface area contributed by atoms with E-state index in [1.165, 1.54) is 0 Å². The largest absolute Gasteiger partial charge is 0.493 e. The Labute approximate surface area is 182 Å². The second-order valence-electron chi connectivity index (χ2n) is 5.78. The number of methoxy groups -OCH3 is 1. The van der Waals surface area contributed by atoms with Crippen molar-refractivity contribution < 1.29 is 19.1 Å². The number of thioether (sulfide) groups is 1. The second kappa shape index (κ2) is 9.30. The zero-order chi connectivity index (χ0) is 21.0. The van der Waals surface area contributed by atoms with Crippen LogP contribution in [0.25, 0.3) is 6.08 Å². The fourth-order valence-electron chi connectivity index (χ4n) is 2.57. The lowest BCUT2D eigenvalue weighted by atomic mass is 10.2. The number of carbonyl (C=O) groups is 2. The molecule has 0 unspecified atom stereocenters. The zero-order valence-electron chi connectivity index (χ0n) is 15.6. The third-order valence-electron chi connectivity index (χ3n) is 3.91. The van der Waals surface area contributed by atoms with Gasteiger partial charge < -0.3 is 9.47 Å². The van der Waals surface area contributed by atoms with Crippen molar-refractivity contribution in [1.29, 1.82) is 0 Å². The molecule has 0 aromatic heterocycles. The van der Waals surface area contributed by atoms with E-state index >= 15 is 0 Å². The number of nitrogens with one attached hydrogen (secondary N) is 1. The number of rotatable bonds is 6. The SMILES string of the molecule is CCOc1cc(/C=C2\SC(=S)N(NC(=O)c3ccccc3Cl)C2=O)ccc1OC. The van der Waals surface area contributed by atoms with Gasteiger partial charge >= 0.3 is 0 Å². The molecular formula is C20H17ClN2O4S2. The van der Waals surface area contributed by atoms with Crippen molar-refractivity contribution in [2.24, 2.45) is 0 Å². The Bertz CT molecular complexity index is 1010. The number of hydrogen-bond donors (Lipinski definition) is 1. The average molecular weight is 449 g/mol. The van der Waals surface area contributed by atoms with Crippen LogP contribution in [-0.2, 0) is 4.79 Å². The Morgan fingerprint density at radius 2 is 2.03 bits per heavy atom. The summed E-state index contributed by atoms with van der Waals surface area (Å²) in [5.41, 5.74) is 3.51. The minimum absolute atomic E-state index is 0.222. The van der Waals surface area contributed by atoms with Crippen LogP contribution < -0.4 is 14.9 Å². The Morgan fingerprint density at radius 3 is 2.72 bits per heavy atom. The first kappa shape index (κ1) is 21.2. The van der Waals surface area contributed by atoms with Gasteiger partial charge in [-0.25, -0.2) is 0 Å². The zero-order valence-corrected chi connectivity index (χ0v) is 18.0. The monoisotopic (exact) mass is 448 g/mol. The summed E-state index contributed by atoms with van der Waals surface area (Å²) in [4.78, 5) is 25.6. The van der Waals surface area contributed by atoms with Crippen molar-refractivity contribution in [1.82, 2.24) is 10.4 Å². The van der Waals surface area contributed by atoms with Crippen LogP contribution in [0.5, 0.6) is 11.5 Å². The van der Waals surface area contributed by atoms with Gasteiger partial charge in [0.1, 0.15) is 0 Å². The Morgan fingerprint density at radius 1 is 1.28 bits per heavy atom. The smallest absolute Gasteiger partial charge is 0.285 e. The number of nitrogens with zero attached hydrogens (tertiary/aromatic N) is 1. The maximum atomic E-state index is 12.8. The van der Waals surface area contributed by atoms with Gasteiger partial charge in [0, 0.05) is 0 Å². The highest BCUT2D eigenvalue weighted by atomic mass is 35.5. The summed E-state index contributed by atoms with van der Waals surface area (Å²) in [6.07, 6.45) is 1.68. The molecule has 1 fully saturated rings. The quantitative estimate of drug-likeness (QED) is 0.525. The lowest BCUT2D eigenvalue weighted by Gasteiger charge is -2.16. The van der Waals surface area contributed by atoms with Gasteiger partial charge in [0.2, 0.25) is 0 Å². The van der Waals surface area contributed by atoms with Crippen LogP contribution >= 0.6 is 35.6 Å². The van der Waals surface area contributed by atoms with Gasteiger partial charge in [-0.3, -0.25) is 15.0 Å². The molecule has 0 bridgehead atoms. The minimum Gasteiger partial charge on any atom is -0.493 e. The van der Waals surface area contributed by atoms with Crippen molar-refractivity contribution in [3.8, 4) is 11.5 Å². The fourth-order valence-corrected chi connectivity index (χ4v) is 3.97. The van der Waals surface area contributed by atoms with E-state index in [4.69, 9.17) is 33.3 Å². The molecule has 0 radical (unpaired) electrons. The molecule has 0 aliphatic carbocycles. The summed E-state index contributed by atoms with van der Waals surface area (Å²) in [5.74, 6) is 0.236. The number of hydrazine groups is 1. The van der Waals surface area contributed by atoms with Gasteiger partial charge in [-0.05, 0) is 55.0 Å². The van der Waals surface area contributed by atoms with Crippen LogP contribution in [-0.4, -0.2) is 34.9 Å². The number of ether oxygens (including phenoxy) is 2. The van der Waals surface area contributed by atoms with Crippen molar-refractivity contribution >= 4 is 57.8 Å². The lowest BCUT2D eigenvalue weighted by molar-refractivity contribution is -0.123. The van der Waals surface area contributed by atoms with Crippen LogP contribution in [0, 0.1) is 0 Å². The summed E-state index contributed by atoms with van der Waals surface area (Å²) in [5, 5.41) is 1.33. The summed E-state index contributed by atoms with van der Waals surface area (Å²) in [6.45, 7) is 2.36. The molecule has 29 heavy (non-hydrogen) atoms. The average Bonchev–Trinajstić information content (AvgIpc) is 2.96. The van der Waals surface area contributed by atoms with E-state index in [0.717, 1.165) is 22.3 Å². The van der Waals surface area contributed by atoms with Crippen LogP contribution in [0.1, 0.15) is 22.8 Å². The van der Waals surface area contributed by atoms with Gasteiger partial charge in [0.25, 0.3) is 11.8 Å². The fraction of sp³-hybridized carbons (Fsp3) is 0.150.